The van der Waals surface area contributed by atoms with Crippen molar-refractivity contribution in [1.29, 1.82) is 0 Å². The summed E-state index contributed by atoms with van der Waals surface area (Å²) in [5.74, 6) is 0. The van der Waals surface area contributed by atoms with Crippen molar-refractivity contribution in [2.75, 3.05) is 32.7 Å². The molecule has 0 aromatic rings. The van der Waals surface area contributed by atoms with Crippen molar-refractivity contribution in [2.45, 2.75) is 72.5 Å². The lowest BCUT2D eigenvalue weighted by Crippen LogP contribution is -2.55. The molecule has 1 rings (SSSR count). The van der Waals surface area contributed by atoms with Gasteiger partial charge in [0.2, 0.25) is 0 Å². The first kappa shape index (κ1) is 17.9. The van der Waals surface area contributed by atoms with Crippen LogP contribution in [-0.4, -0.2) is 49.3 Å². The summed E-state index contributed by atoms with van der Waals surface area (Å²) in [6.07, 6.45) is 4.10. The summed E-state index contributed by atoms with van der Waals surface area (Å²) in [5, 5.41) is 3.62. The SMILES string of the molecule is CCCNCC(C)(CCC)CN1CC(C)OC(C)(C)C1. The highest BCUT2D eigenvalue weighted by atomic mass is 16.5. The van der Waals surface area contributed by atoms with Crippen LogP contribution in [0.15, 0.2) is 0 Å². The summed E-state index contributed by atoms with van der Waals surface area (Å²) in [7, 11) is 0. The maximum absolute atomic E-state index is 6.02. The van der Waals surface area contributed by atoms with E-state index in [1.807, 2.05) is 0 Å². The number of hydrogen-bond donors (Lipinski definition) is 1. The fraction of sp³-hybridized carbons (Fsp3) is 1.00. The van der Waals surface area contributed by atoms with Crippen molar-refractivity contribution in [3.63, 3.8) is 0 Å². The molecule has 1 aliphatic heterocycles. The molecular formula is C17H36N2O. The van der Waals surface area contributed by atoms with Crippen LogP contribution in [0.4, 0.5) is 0 Å². The maximum atomic E-state index is 6.02. The summed E-state index contributed by atoms with van der Waals surface area (Å²) in [6, 6.07) is 0. The molecule has 1 N–H and O–H groups in total. The van der Waals surface area contributed by atoms with E-state index < -0.39 is 0 Å². The summed E-state index contributed by atoms with van der Waals surface area (Å²) in [6.45, 7) is 19.1. The fourth-order valence-corrected chi connectivity index (χ4v) is 3.64. The van der Waals surface area contributed by atoms with Crippen LogP contribution in [0.5, 0.6) is 0 Å². The Kier molecular flexibility index (Phi) is 6.96. The van der Waals surface area contributed by atoms with Crippen LogP contribution in [0.3, 0.4) is 0 Å². The molecule has 3 nitrogen and oxygen atoms in total. The molecule has 0 aliphatic carbocycles. The summed E-state index contributed by atoms with van der Waals surface area (Å²) < 4.78 is 6.02. The molecule has 1 fully saturated rings. The van der Waals surface area contributed by atoms with E-state index in [0.717, 1.165) is 26.2 Å². The fourth-order valence-electron chi connectivity index (χ4n) is 3.64. The largest absolute Gasteiger partial charge is 0.370 e. The molecule has 1 saturated heterocycles. The molecule has 3 heteroatoms. The third-order valence-corrected chi connectivity index (χ3v) is 4.08. The van der Waals surface area contributed by atoms with Crippen molar-refractivity contribution in [3.8, 4) is 0 Å². The molecule has 1 heterocycles. The second-order valence-electron chi connectivity index (χ2n) is 7.60. The van der Waals surface area contributed by atoms with E-state index in [4.69, 9.17) is 4.74 Å². The van der Waals surface area contributed by atoms with Gasteiger partial charge in [-0.2, -0.15) is 0 Å². The Morgan fingerprint density at radius 3 is 2.55 bits per heavy atom. The molecule has 120 valence electrons. The van der Waals surface area contributed by atoms with Gasteiger partial charge in [-0.05, 0) is 45.6 Å². The average Bonchev–Trinajstić information content (AvgIpc) is 2.26. The van der Waals surface area contributed by atoms with Crippen molar-refractivity contribution in [1.82, 2.24) is 10.2 Å². The number of rotatable bonds is 8. The van der Waals surface area contributed by atoms with E-state index in [-0.39, 0.29) is 5.60 Å². The second kappa shape index (κ2) is 7.77. The number of nitrogens with one attached hydrogen (secondary N) is 1. The van der Waals surface area contributed by atoms with E-state index in [1.54, 1.807) is 0 Å². The topological polar surface area (TPSA) is 24.5 Å². The van der Waals surface area contributed by atoms with Gasteiger partial charge in [0.25, 0.3) is 0 Å². The van der Waals surface area contributed by atoms with Crippen LogP contribution in [0.25, 0.3) is 0 Å². The highest BCUT2D eigenvalue weighted by Gasteiger charge is 2.35. The van der Waals surface area contributed by atoms with E-state index in [9.17, 15) is 0 Å². The van der Waals surface area contributed by atoms with E-state index in [2.05, 4.69) is 51.8 Å². The van der Waals surface area contributed by atoms with Gasteiger partial charge in [0.1, 0.15) is 0 Å². The van der Waals surface area contributed by atoms with Crippen molar-refractivity contribution >= 4 is 0 Å². The molecule has 0 aromatic carbocycles. The van der Waals surface area contributed by atoms with Crippen molar-refractivity contribution in [3.05, 3.63) is 0 Å². The van der Waals surface area contributed by atoms with E-state index in [0.29, 0.717) is 11.5 Å². The van der Waals surface area contributed by atoms with Gasteiger partial charge in [0, 0.05) is 26.2 Å². The van der Waals surface area contributed by atoms with Crippen LogP contribution in [-0.2, 0) is 4.74 Å². The number of ether oxygens (including phenoxy) is 1. The Morgan fingerprint density at radius 1 is 1.30 bits per heavy atom. The first-order valence-electron chi connectivity index (χ1n) is 8.41. The minimum atomic E-state index is -0.0123. The molecular weight excluding hydrogens is 248 g/mol. The standard InChI is InChI=1S/C17H36N2O/c1-7-9-17(6,12-18-10-8-2)14-19-11-15(3)20-16(4,5)13-19/h15,18H,7-14H2,1-6H3. The van der Waals surface area contributed by atoms with Crippen LogP contribution in [0.1, 0.15) is 60.8 Å². The summed E-state index contributed by atoms with van der Waals surface area (Å²) in [4.78, 5) is 2.61. The van der Waals surface area contributed by atoms with E-state index in [1.165, 1.54) is 25.8 Å². The van der Waals surface area contributed by atoms with Gasteiger partial charge < -0.3 is 10.1 Å². The second-order valence-corrected chi connectivity index (χ2v) is 7.60. The molecule has 0 spiro atoms. The molecule has 0 saturated carbocycles. The molecule has 1 aliphatic rings. The van der Waals surface area contributed by atoms with Gasteiger partial charge in [-0.3, -0.25) is 4.90 Å². The zero-order valence-electron chi connectivity index (χ0n) is 14.6. The lowest BCUT2D eigenvalue weighted by Gasteiger charge is -2.45. The van der Waals surface area contributed by atoms with Gasteiger partial charge in [-0.1, -0.05) is 27.2 Å². The molecule has 2 atom stereocenters. The minimum Gasteiger partial charge on any atom is -0.370 e. The Hall–Kier alpha value is -0.120. The zero-order chi connectivity index (χ0) is 15.2. The predicted molar refractivity (Wildman–Crippen MR) is 87.2 cm³/mol. The third-order valence-electron chi connectivity index (χ3n) is 4.08. The maximum Gasteiger partial charge on any atom is 0.0757 e. The molecule has 0 radical (unpaired) electrons. The monoisotopic (exact) mass is 284 g/mol. The van der Waals surface area contributed by atoms with Crippen LogP contribution < -0.4 is 5.32 Å². The third kappa shape index (κ3) is 6.11. The highest BCUT2D eigenvalue weighted by Crippen LogP contribution is 2.28. The van der Waals surface area contributed by atoms with E-state index >= 15 is 0 Å². The Labute approximate surface area is 126 Å². The Balaban J connectivity index is 2.59. The predicted octanol–water partition coefficient (Wildman–Crippen LogP) is 3.29. The molecule has 0 amide bonds. The zero-order valence-corrected chi connectivity index (χ0v) is 14.6. The number of nitrogens with zero attached hydrogens (tertiary/aromatic N) is 1. The molecule has 0 bridgehead atoms. The number of morpholine rings is 1. The van der Waals surface area contributed by atoms with Gasteiger partial charge in [0.15, 0.2) is 0 Å². The quantitative estimate of drug-likeness (QED) is 0.692. The van der Waals surface area contributed by atoms with Gasteiger partial charge in [-0.25, -0.2) is 0 Å². The van der Waals surface area contributed by atoms with Crippen molar-refractivity contribution < 1.29 is 4.74 Å². The average molecular weight is 284 g/mol. The summed E-state index contributed by atoms with van der Waals surface area (Å²) in [5.41, 5.74) is 0.360. The Morgan fingerprint density at radius 2 is 2.00 bits per heavy atom. The lowest BCUT2D eigenvalue weighted by atomic mass is 9.84. The smallest absolute Gasteiger partial charge is 0.0757 e. The van der Waals surface area contributed by atoms with Crippen LogP contribution in [0, 0.1) is 5.41 Å². The lowest BCUT2D eigenvalue weighted by molar-refractivity contribution is -0.134. The Bertz CT molecular complexity index is 280. The van der Waals surface area contributed by atoms with Gasteiger partial charge in [-0.15, -0.1) is 0 Å². The molecule has 0 aromatic heterocycles. The minimum absolute atomic E-state index is 0.0123. The number of hydrogen-bond acceptors (Lipinski definition) is 3. The molecule has 20 heavy (non-hydrogen) atoms. The van der Waals surface area contributed by atoms with Gasteiger partial charge >= 0.3 is 0 Å². The summed E-state index contributed by atoms with van der Waals surface area (Å²) >= 11 is 0. The first-order chi connectivity index (χ1) is 9.30. The normalized spacial score (nSPS) is 26.4. The van der Waals surface area contributed by atoms with Crippen LogP contribution >= 0.6 is 0 Å². The highest BCUT2D eigenvalue weighted by molar-refractivity contribution is 4.87. The first-order valence-corrected chi connectivity index (χ1v) is 8.41. The van der Waals surface area contributed by atoms with Crippen LogP contribution in [0.2, 0.25) is 0 Å². The van der Waals surface area contributed by atoms with Gasteiger partial charge in [0.05, 0.1) is 11.7 Å². The molecule has 2 unspecified atom stereocenters. The van der Waals surface area contributed by atoms with Crippen molar-refractivity contribution in [2.24, 2.45) is 5.41 Å².